The number of rotatable bonds is 3. The molecule has 5 nitrogen and oxygen atoms in total. The van der Waals surface area contributed by atoms with E-state index in [4.69, 9.17) is 9.68 Å². The van der Waals surface area contributed by atoms with Gasteiger partial charge in [0.05, 0.1) is 22.8 Å². The first kappa shape index (κ1) is 18.6. The smallest absolute Gasteiger partial charge is 0.418 e. The summed E-state index contributed by atoms with van der Waals surface area (Å²) in [4.78, 5) is 0. The Morgan fingerprint density at radius 2 is 1.86 bits per heavy atom. The third-order valence-corrected chi connectivity index (χ3v) is 4.29. The fourth-order valence-corrected chi connectivity index (χ4v) is 3.04. The lowest BCUT2D eigenvalue weighted by molar-refractivity contribution is -0.136. The molecule has 0 bridgehead atoms. The zero-order chi connectivity index (χ0) is 20.8. The lowest BCUT2D eigenvalue weighted by Gasteiger charge is -2.11. The highest BCUT2D eigenvalue weighted by molar-refractivity contribution is 5.86. The van der Waals surface area contributed by atoms with Crippen LogP contribution in [-0.2, 0) is 12.7 Å². The Kier molecular flexibility index (Phi) is 4.30. The second kappa shape index (κ2) is 6.70. The van der Waals surface area contributed by atoms with E-state index in [2.05, 4.69) is 10.2 Å². The fraction of sp³-hybridized carbons (Fsp3) is 0.105. The summed E-state index contributed by atoms with van der Waals surface area (Å²) >= 11 is 0. The molecule has 0 atom stereocenters. The molecule has 2 aromatic heterocycles. The molecular weight excluding hydrogens is 395 g/mol. The molecule has 2 heterocycles. The normalized spacial score (nSPS) is 11.7. The molecule has 0 aliphatic rings. The number of benzene rings is 2. The van der Waals surface area contributed by atoms with Gasteiger partial charge < -0.3 is 8.98 Å². The van der Waals surface area contributed by atoms with Crippen molar-refractivity contribution in [2.24, 2.45) is 0 Å². The summed E-state index contributed by atoms with van der Waals surface area (Å²) in [5, 5.41) is 16.3. The Labute approximate surface area is 159 Å². The Morgan fingerprint density at radius 1 is 1.07 bits per heavy atom. The molecule has 0 fully saturated rings. The van der Waals surface area contributed by atoms with Gasteiger partial charge in [-0.05, 0) is 30.3 Å². The van der Waals surface area contributed by atoms with Crippen LogP contribution >= 0.6 is 0 Å². The van der Waals surface area contributed by atoms with Crippen molar-refractivity contribution in [1.82, 2.24) is 14.8 Å². The predicted molar refractivity (Wildman–Crippen MR) is 90.4 cm³/mol. The lowest BCUT2D eigenvalue weighted by Crippen LogP contribution is -2.09. The van der Waals surface area contributed by atoms with Crippen LogP contribution < -0.4 is 0 Å². The molecule has 0 amide bonds. The minimum Gasteiger partial charge on any atom is -0.419 e. The molecule has 146 valence electrons. The molecule has 0 spiro atoms. The standard InChI is InChI=1S/C19H9F5N4O/c20-11-2-3-12(14(21)7-11)18-27-26-16(29-18)9-28-6-5-13-15(28)4-1-10(8-25)17(13)19(22,23)24/h1-7H,9H2. The number of hydrogen-bond acceptors (Lipinski definition) is 4. The van der Waals surface area contributed by atoms with Crippen LogP contribution in [0.5, 0.6) is 0 Å². The highest BCUT2D eigenvalue weighted by Crippen LogP contribution is 2.37. The second-order valence-corrected chi connectivity index (χ2v) is 6.10. The minimum atomic E-state index is -4.70. The van der Waals surface area contributed by atoms with Crippen molar-refractivity contribution in [2.45, 2.75) is 12.7 Å². The maximum Gasteiger partial charge on any atom is 0.418 e. The summed E-state index contributed by atoms with van der Waals surface area (Å²) in [6, 6.07) is 8.13. The van der Waals surface area contributed by atoms with Crippen molar-refractivity contribution >= 4 is 10.9 Å². The van der Waals surface area contributed by atoms with E-state index in [1.54, 1.807) is 6.07 Å². The van der Waals surface area contributed by atoms with Gasteiger partial charge in [-0.1, -0.05) is 0 Å². The van der Waals surface area contributed by atoms with Gasteiger partial charge in [-0.3, -0.25) is 0 Å². The summed E-state index contributed by atoms with van der Waals surface area (Å²) < 4.78 is 73.9. The minimum absolute atomic E-state index is 0.0131. The number of fused-ring (bicyclic) bond motifs is 1. The molecule has 0 saturated heterocycles. The number of aromatic nitrogens is 3. The van der Waals surface area contributed by atoms with Crippen molar-refractivity contribution in [2.75, 3.05) is 0 Å². The monoisotopic (exact) mass is 404 g/mol. The Balaban J connectivity index is 1.71. The van der Waals surface area contributed by atoms with Crippen molar-refractivity contribution in [3.8, 4) is 17.5 Å². The van der Waals surface area contributed by atoms with Gasteiger partial charge in [0.15, 0.2) is 0 Å². The van der Waals surface area contributed by atoms with Crippen LogP contribution in [-0.4, -0.2) is 14.8 Å². The van der Waals surface area contributed by atoms with Crippen molar-refractivity contribution in [1.29, 1.82) is 5.26 Å². The van der Waals surface area contributed by atoms with Crippen LogP contribution in [0.2, 0.25) is 0 Å². The molecule has 0 aliphatic carbocycles. The Hall–Kier alpha value is -3.74. The van der Waals surface area contributed by atoms with Crippen LogP contribution in [0, 0.1) is 23.0 Å². The van der Waals surface area contributed by atoms with Gasteiger partial charge in [-0.15, -0.1) is 10.2 Å². The Morgan fingerprint density at radius 3 is 2.55 bits per heavy atom. The van der Waals surface area contributed by atoms with Gasteiger partial charge in [0.1, 0.15) is 18.2 Å². The van der Waals surface area contributed by atoms with E-state index in [0.717, 1.165) is 18.2 Å². The average molecular weight is 404 g/mol. The SMILES string of the molecule is N#Cc1ccc2c(ccn2Cc2nnc(-c3ccc(F)cc3F)o2)c1C(F)(F)F. The summed E-state index contributed by atoms with van der Waals surface area (Å²) in [5.74, 6) is -1.82. The van der Waals surface area contributed by atoms with Gasteiger partial charge in [0.2, 0.25) is 5.89 Å². The van der Waals surface area contributed by atoms with Gasteiger partial charge in [-0.25, -0.2) is 8.78 Å². The predicted octanol–water partition coefficient (Wildman–Crippen LogP) is 4.91. The van der Waals surface area contributed by atoms with E-state index in [9.17, 15) is 22.0 Å². The fourth-order valence-electron chi connectivity index (χ4n) is 3.04. The molecule has 0 unspecified atom stereocenters. The molecule has 4 rings (SSSR count). The summed E-state index contributed by atoms with van der Waals surface area (Å²) in [5.41, 5.74) is -1.38. The summed E-state index contributed by atoms with van der Waals surface area (Å²) in [6.45, 7) is -0.0808. The van der Waals surface area contributed by atoms with E-state index in [1.807, 2.05) is 0 Å². The maximum absolute atomic E-state index is 13.9. The number of alkyl halides is 3. The topological polar surface area (TPSA) is 67.6 Å². The number of hydrogen-bond donors (Lipinski definition) is 0. The van der Waals surface area contributed by atoms with Crippen LogP contribution in [0.25, 0.3) is 22.4 Å². The molecule has 2 aromatic carbocycles. The van der Waals surface area contributed by atoms with Gasteiger partial charge in [0.25, 0.3) is 5.89 Å². The third-order valence-electron chi connectivity index (χ3n) is 4.29. The molecule has 10 heteroatoms. The van der Waals surface area contributed by atoms with E-state index in [0.29, 0.717) is 6.07 Å². The van der Waals surface area contributed by atoms with Gasteiger partial charge in [0, 0.05) is 23.2 Å². The van der Waals surface area contributed by atoms with E-state index < -0.39 is 28.9 Å². The first-order valence-electron chi connectivity index (χ1n) is 8.15. The molecule has 29 heavy (non-hydrogen) atoms. The zero-order valence-electron chi connectivity index (χ0n) is 14.3. The van der Waals surface area contributed by atoms with Crippen LogP contribution in [0.15, 0.2) is 47.0 Å². The second-order valence-electron chi connectivity index (χ2n) is 6.10. The van der Waals surface area contributed by atoms with Crippen molar-refractivity contribution in [3.05, 3.63) is 71.2 Å². The van der Waals surface area contributed by atoms with Crippen LogP contribution in [0.1, 0.15) is 17.0 Å². The molecular formula is C19H9F5N4O. The summed E-state index contributed by atoms with van der Waals surface area (Å²) in [7, 11) is 0. The molecule has 0 saturated carbocycles. The number of nitriles is 1. The van der Waals surface area contributed by atoms with Crippen molar-refractivity contribution in [3.63, 3.8) is 0 Å². The number of nitrogens with zero attached hydrogens (tertiary/aromatic N) is 4. The largest absolute Gasteiger partial charge is 0.419 e. The molecule has 4 aromatic rings. The molecule has 0 aliphatic heterocycles. The van der Waals surface area contributed by atoms with E-state index in [-0.39, 0.29) is 34.8 Å². The van der Waals surface area contributed by atoms with Crippen molar-refractivity contribution < 1.29 is 26.4 Å². The van der Waals surface area contributed by atoms with E-state index >= 15 is 0 Å². The van der Waals surface area contributed by atoms with Crippen LogP contribution in [0.3, 0.4) is 0 Å². The zero-order valence-corrected chi connectivity index (χ0v) is 14.3. The average Bonchev–Trinajstić information content (AvgIpc) is 3.27. The maximum atomic E-state index is 13.9. The van der Waals surface area contributed by atoms with E-state index in [1.165, 1.54) is 22.9 Å². The number of halogens is 5. The third kappa shape index (κ3) is 3.31. The highest BCUT2D eigenvalue weighted by atomic mass is 19.4. The summed E-state index contributed by atoms with van der Waals surface area (Å²) in [6.07, 6.45) is -3.31. The van der Waals surface area contributed by atoms with Gasteiger partial charge >= 0.3 is 6.18 Å². The first-order chi connectivity index (χ1) is 13.8. The van der Waals surface area contributed by atoms with Gasteiger partial charge in [-0.2, -0.15) is 18.4 Å². The molecule has 0 radical (unpaired) electrons. The molecule has 0 N–H and O–H groups in total. The lowest BCUT2D eigenvalue weighted by atomic mass is 10.0. The first-order valence-corrected chi connectivity index (χ1v) is 8.15. The van der Waals surface area contributed by atoms with Crippen LogP contribution in [0.4, 0.5) is 22.0 Å². The highest BCUT2D eigenvalue weighted by Gasteiger charge is 2.36. The quantitative estimate of drug-likeness (QED) is 0.455. The Bertz CT molecular complexity index is 1270.